The van der Waals surface area contributed by atoms with E-state index in [2.05, 4.69) is 23.8 Å². The van der Waals surface area contributed by atoms with Gasteiger partial charge in [-0.15, -0.1) is 11.3 Å². The van der Waals surface area contributed by atoms with Crippen molar-refractivity contribution >= 4 is 50.6 Å². The zero-order chi connectivity index (χ0) is 22.7. The molecule has 8 nitrogen and oxygen atoms in total. The van der Waals surface area contributed by atoms with Crippen molar-refractivity contribution in [3.63, 3.8) is 0 Å². The first kappa shape index (κ1) is 23.0. The molecule has 0 fully saturated rings. The van der Waals surface area contributed by atoms with E-state index in [-0.39, 0.29) is 22.9 Å². The summed E-state index contributed by atoms with van der Waals surface area (Å²) in [7, 11) is 1.60. The molecule has 3 rings (SSSR count). The van der Waals surface area contributed by atoms with E-state index < -0.39 is 4.92 Å². The van der Waals surface area contributed by atoms with Crippen molar-refractivity contribution in [3.05, 3.63) is 55.2 Å². The summed E-state index contributed by atoms with van der Waals surface area (Å²) in [6.07, 6.45) is 1.89. The summed E-state index contributed by atoms with van der Waals surface area (Å²) >= 11 is 2.67. The number of fused-ring (bicyclic) bond motifs is 1. The van der Waals surface area contributed by atoms with Gasteiger partial charge in [0.25, 0.3) is 11.2 Å². The quantitative estimate of drug-likeness (QED) is 0.229. The third-order valence-corrected chi connectivity index (χ3v) is 7.14. The predicted octanol–water partition coefficient (Wildman–Crippen LogP) is 4.54. The van der Waals surface area contributed by atoms with Gasteiger partial charge in [0.2, 0.25) is 5.91 Å². The highest BCUT2D eigenvalue weighted by Gasteiger charge is 2.18. The van der Waals surface area contributed by atoms with Gasteiger partial charge in [0.05, 0.1) is 16.1 Å². The fourth-order valence-electron chi connectivity index (χ4n) is 3.13. The molecule has 2 aromatic heterocycles. The number of aromatic nitrogens is 2. The van der Waals surface area contributed by atoms with Crippen LogP contribution in [0.4, 0.5) is 11.4 Å². The van der Waals surface area contributed by atoms with E-state index in [1.165, 1.54) is 40.5 Å². The number of anilines is 1. The number of benzene rings is 1. The zero-order valence-electron chi connectivity index (χ0n) is 17.8. The number of amides is 1. The first-order chi connectivity index (χ1) is 14.7. The van der Waals surface area contributed by atoms with Gasteiger partial charge in [-0.25, -0.2) is 4.98 Å². The molecule has 0 aliphatic carbocycles. The van der Waals surface area contributed by atoms with Crippen molar-refractivity contribution in [2.45, 2.75) is 38.8 Å². The van der Waals surface area contributed by atoms with Crippen molar-refractivity contribution in [1.29, 1.82) is 0 Å². The molecule has 0 spiro atoms. The number of aryl methyl sites for hydroxylation is 1. The van der Waals surface area contributed by atoms with Crippen LogP contribution >= 0.6 is 23.1 Å². The fraction of sp³-hybridized carbons (Fsp3) is 0.381. The van der Waals surface area contributed by atoms with Crippen LogP contribution in [0.5, 0.6) is 0 Å². The minimum absolute atomic E-state index is 0.0343. The van der Waals surface area contributed by atoms with E-state index in [4.69, 9.17) is 0 Å². The van der Waals surface area contributed by atoms with Crippen LogP contribution in [0.3, 0.4) is 0 Å². The number of hydrogen-bond donors (Lipinski definition) is 1. The molecule has 164 valence electrons. The second kappa shape index (κ2) is 9.61. The van der Waals surface area contributed by atoms with E-state index in [1.54, 1.807) is 7.05 Å². The SMILES string of the molecule is CCC(C)Cc1c(C)sc2nc(SCC(=O)N(C)c3ccc([N+](=O)[O-])cc3)[nH]c(=O)c12. The van der Waals surface area contributed by atoms with Crippen molar-refractivity contribution in [3.8, 4) is 0 Å². The van der Waals surface area contributed by atoms with E-state index >= 15 is 0 Å². The van der Waals surface area contributed by atoms with Gasteiger partial charge in [-0.1, -0.05) is 32.0 Å². The molecule has 1 amide bonds. The number of non-ortho nitro benzene ring substituents is 1. The van der Waals surface area contributed by atoms with Gasteiger partial charge >= 0.3 is 0 Å². The Hall–Kier alpha value is -2.72. The number of rotatable bonds is 8. The number of nitro groups is 1. The average Bonchev–Trinajstić information content (AvgIpc) is 3.06. The lowest BCUT2D eigenvalue weighted by atomic mass is 9.98. The predicted molar refractivity (Wildman–Crippen MR) is 125 cm³/mol. The first-order valence-electron chi connectivity index (χ1n) is 9.87. The number of carbonyl (C=O) groups excluding carboxylic acids is 1. The first-order valence-corrected chi connectivity index (χ1v) is 11.7. The molecule has 1 unspecified atom stereocenters. The Labute approximate surface area is 187 Å². The summed E-state index contributed by atoms with van der Waals surface area (Å²) in [4.78, 5) is 46.2. The van der Waals surface area contributed by atoms with Crippen LogP contribution in [-0.4, -0.2) is 33.6 Å². The number of nitrogens with one attached hydrogen (secondary N) is 1. The van der Waals surface area contributed by atoms with Crippen molar-refractivity contribution < 1.29 is 9.72 Å². The number of nitrogens with zero attached hydrogens (tertiary/aromatic N) is 3. The molecule has 1 atom stereocenters. The van der Waals surface area contributed by atoms with Gasteiger partial charge in [-0.05, 0) is 37.0 Å². The van der Waals surface area contributed by atoms with Crippen LogP contribution in [0, 0.1) is 23.0 Å². The standard InChI is InChI=1S/C21H24N4O4S2/c1-5-12(2)10-16-13(3)31-20-18(16)19(27)22-21(23-20)30-11-17(26)24(4)14-6-8-15(9-7-14)25(28)29/h6-9,12H,5,10-11H2,1-4H3,(H,22,23,27). The molecule has 1 N–H and O–H groups in total. The number of nitro benzene ring substituents is 1. The lowest BCUT2D eigenvalue weighted by Gasteiger charge is -2.16. The summed E-state index contributed by atoms with van der Waals surface area (Å²) in [5, 5.41) is 11.8. The molecule has 0 saturated heterocycles. The van der Waals surface area contributed by atoms with Gasteiger partial charge in [0.15, 0.2) is 5.16 Å². The van der Waals surface area contributed by atoms with Gasteiger partial charge in [-0.3, -0.25) is 19.7 Å². The largest absolute Gasteiger partial charge is 0.315 e. The number of hydrogen-bond acceptors (Lipinski definition) is 7. The molecule has 10 heteroatoms. The second-order valence-corrected chi connectivity index (χ2v) is 9.59. The maximum absolute atomic E-state index is 12.7. The summed E-state index contributed by atoms with van der Waals surface area (Å²) in [6, 6.07) is 5.77. The van der Waals surface area contributed by atoms with Gasteiger partial charge in [-0.2, -0.15) is 0 Å². The smallest absolute Gasteiger partial charge is 0.269 e. The molecule has 0 aliphatic rings. The number of thioether (sulfide) groups is 1. The molecular weight excluding hydrogens is 436 g/mol. The molecule has 2 heterocycles. The fourth-order valence-corrected chi connectivity index (χ4v) is 5.02. The number of aromatic amines is 1. The Morgan fingerprint density at radius 2 is 2.03 bits per heavy atom. The topological polar surface area (TPSA) is 109 Å². The summed E-state index contributed by atoms with van der Waals surface area (Å²) in [6.45, 7) is 6.32. The van der Waals surface area contributed by atoms with Gasteiger partial charge in [0, 0.05) is 29.7 Å². The Morgan fingerprint density at radius 3 is 2.65 bits per heavy atom. The third-order valence-electron chi connectivity index (χ3n) is 5.24. The van der Waals surface area contributed by atoms with E-state index in [0.717, 1.165) is 35.0 Å². The minimum Gasteiger partial charge on any atom is -0.315 e. The summed E-state index contributed by atoms with van der Waals surface area (Å²) in [5.41, 5.74) is 1.41. The maximum atomic E-state index is 12.7. The highest BCUT2D eigenvalue weighted by molar-refractivity contribution is 7.99. The number of thiophene rings is 1. The molecule has 3 aromatic rings. The van der Waals surface area contributed by atoms with E-state index in [9.17, 15) is 19.7 Å². The van der Waals surface area contributed by atoms with Crippen molar-refractivity contribution in [2.24, 2.45) is 5.92 Å². The van der Waals surface area contributed by atoms with Crippen LogP contribution in [-0.2, 0) is 11.2 Å². The lowest BCUT2D eigenvalue weighted by Crippen LogP contribution is -2.28. The zero-order valence-corrected chi connectivity index (χ0v) is 19.4. The van der Waals surface area contributed by atoms with Crippen molar-refractivity contribution in [2.75, 3.05) is 17.7 Å². The highest BCUT2D eigenvalue weighted by Crippen LogP contribution is 2.30. The number of H-pyrrole nitrogens is 1. The Bertz CT molecular complexity index is 1170. The van der Waals surface area contributed by atoms with Crippen molar-refractivity contribution in [1.82, 2.24) is 9.97 Å². The number of carbonyl (C=O) groups is 1. The van der Waals surface area contributed by atoms with Gasteiger partial charge in [0.1, 0.15) is 4.83 Å². The van der Waals surface area contributed by atoms with Crippen LogP contribution in [0.15, 0.2) is 34.2 Å². The second-order valence-electron chi connectivity index (χ2n) is 7.42. The van der Waals surface area contributed by atoms with Crippen LogP contribution in [0.2, 0.25) is 0 Å². The third kappa shape index (κ3) is 5.13. The van der Waals surface area contributed by atoms with Crippen LogP contribution < -0.4 is 10.5 Å². The monoisotopic (exact) mass is 460 g/mol. The molecule has 0 radical (unpaired) electrons. The summed E-state index contributed by atoms with van der Waals surface area (Å²) < 4.78 is 0. The van der Waals surface area contributed by atoms with Gasteiger partial charge < -0.3 is 9.88 Å². The average molecular weight is 461 g/mol. The molecule has 0 saturated carbocycles. The summed E-state index contributed by atoms with van der Waals surface area (Å²) in [5.74, 6) is 0.352. The van der Waals surface area contributed by atoms with Crippen LogP contribution in [0.1, 0.15) is 30.7 Å². The Kier molecular flexibility index (Phi) is 7.11. The van der Waals surface area contributed by atoms with Crippen LogP contribution in [0.25, 0.3) is 10.2 Å². The molecule has 31 heavy (non-hydrogen) atoms. The molecule has 0 aliphatic heterocycles. The lowest BCUT2D eigenvalue weighted by molar-refractivity contribution is -0.384. The van der Waals surface area contributed by atoms with E-state index in [0.29, 0.717) is 27.0 Å². The minimum atomic E-state index is -0.486. The Morgan fingerprint density at radius 1 is 1.35 bits per heavy atom. The normalized spacial score (nSPS) is 12.1. The molecule has 1 aromatic carbocycles. The van der Waals surface area contributed by atoms with E-state index in [1.807, 2.05) is 6.92 Å². The Balaban J connectivity index is 1.74. The molecular formula is C21H24N4O4S2. The molecule has 0 bridgehead atoms. The highest BCUT2D eigenvalue weighted by atomic mass is 32.2. The maximum Gasteiger partial charge on any atom is 0.269 e.